The maximum Gasteiger partial charge on any atom is 0.0499 e. The van der Waals surface area contributed by atoms with E-state index in [1.807, 2.05) is 0 Å². The molecule has 2 rings (SSSR count). The highest BCUT2D eigenvalue weighted by Gasteiger charge is 2.17. The van der Waals surface area contributed by atoms with Crippen molar-refractivity contribution in [3.63, 3.8) is 0 Å². The Balaban J connectivity index is 2.30. The summed E-state index contributed by atoms with van der Waals surface area (Å²) >= 11 is 0. The van der Waals surface area contributed by atoms with Crippen molar-refractivity contribution < 1.29 is 5.11 Å². The van der Waals surface area contributed by atoms with Crippen molar-refractivity contribution in [1.82, 2.24) is 0 Å². The highest BCUT2D eigenvalue weighted by molar-refractivity contribution is 5.58. The molecular weight excluding hydrogens is 186 g/mol. The number of rotatable bonds is 3. The summed E-state index contributed by atoms with van der Waals surface area (Å²) in [4.78, 5) is 2.29. The van der Waals surface area contributed by atoms with E-state index in [1.165, 1.54) is 16.8 Å². The second-order valence-electron chi connectivity index (χ2n) is 4.35. The summed E-state index contributed by atoms with van der Waals surface area (Å²) in [7, 11) is 2.13. The summed E-state index contributed by atoms with van der Waals surface area (Å²) in [5, 5.41) is 9.27. The minimum Gasteiger partial charge on any atom is -0.396 e. The van der Waals surface area contributed by atoms with Crippen molar-refractivity contribution in [1.29, 1.82) is 0 Å². The summed E-state index contributed by atoms with van der Waals surface area (Å²) in [6, 6.07) is 6.62. The molecule has 0 bridgehead atoms. The van der Waals surface area contributed by atoms with Gasteiger partial charge in [0.2, 0.25) is 0 Å². The van der Waals surface area contributed by atoms with Gasteiger partial charge in [0, 0.05) is 31.8 Å². The van der Waals surface area contributed by atoms with E-state index < -0.39 is 0 Å². The number of likely N-dealkylation sites (N-methyl/N-ethyl adjacent to an activating group) is 1. The lowest BCUT2D eigenvalue weighted by atomic mass is 9.95. The van der Waals surface area contributed by atoms with Crippen molar-refractivity contribution >= 4 is 5.69 Å². The van der Waals surface area contributed by atoms with Crippen molar-refractivity contribution in [2.75, 3.05) is 25.1 Å². The van der Waals surface area contributed by atoms with Crippen molar-refractivity contribution in [2.24, 2.45) is 0 Å². The van der Waals surface area contributed by atoms with E-state index >= 15 is 0 Å². The lowest BCUT2D eigenvalue weighted by Crippen LogP contribution is -2.12. The molecule has 0 spiro atoms. The molecule has 1 heterocycles. The summed E-state index contributed by atoms with van der Waals surface area (Å²) in [6.45, 7) is 3.50. The predicted molar refractivity (Wildman–Crippen MR) is 63.5 cm³/mol. The molecule has 0 saturated carbocycles. The fourth-order valence-electron chi connectivity index (χ4n) is 2.31. The smallest absolute Gasteiger partial charge is 0.0499 e. The van der Waals surface area contributed by atoms with Gasteiger partial charge in [0.25, 0.3) is 0 Å². The molecule has 0 aromatic heterocycles. The SMILES string of the molecule is CCC(CO)c1ccc2c(c1)CCN2C. The van der Waals surface area contributed by atoms with Gasteiger partial charge in [-0.1, -0.05) is 19.1 Å². The van der Waals surface area contributed by atoms with Gasteiger partial charge in [-0.25, -0.2) is 0 Å². The van der Waals surface area contributed by atoms with E-state index in [4.69, 9.17) is 0 Å². The molecule has 1 N–H and O–H groups in total. The highest BCUT2D eigenvalue weighted by Crippen LogP contribution is 2.30. The van der Waals surface area contributed by atoms with Crippen LogP contribution in [0, 0.1) is 0 Å². The molecule has 1 aromatic carbocycles. The van der Waals surface area contributed by atoms with Gasteiger partial charge < -0.3 is 10.0 Å². The molecule has 2 nitrogen and oxygen atoms in total. The summed E-state index contributed by atoms with van der Waals surface area (Å²) in [6.07, 6.45) is 2.15. The van der Waals surface area contributed by atoms with Crippen LogP contribution >= 0.6 is 0 Å². The average Bonchev–Trinajstić information content (AvgIpc) is 2.62. The molecule has 2 heteroatoms. The fraction of sp³-hybridized carbons (Fsp3) is 0.538. The van der Waals surface area contributed by atoms with E-state index in [-0.39, 0.29) is 6.61 Å². The third-order valence-electron chi connectivity index (χ3n) is 3.42. The zero-order chi connectivity index (χ0) is 10.8. The van der Waals surface area contributed by atoms with Crippen LogP contribution in [0.3, 0.4) is 0 Å². The number of benzene rings is 1. The standard InChI is InChI=1S/C13H19NO/c1-3-10(9-15)11-4-5-13-12(8-11)6-7-14(13)2/h4-5,8,10,15H,3,6-7,9H2,1-2H3. The average molecular weight is 205 g/mol. The number of fused-ring (bicyclic) bond motifs is 1. The van der Waals surface area contributed by atoms with Crippen LogP contribution in [-0.2, 0) is 6.42 Å². The van der Waals surface area contributed by atoms with E-state index in [0.717, 1.165) is 19.4 Å². The molecule has 82 valence electrons. The minimum atomic E-state index is 0.255. The van der Waals surface area contributed by atoms with Crippen molar-refractivity contribution in [2.45, 2.75) is 25.7 Å². The number of aliphatic hydroxyl groups is 1. The van der Waals surface area contributed by atoms with Gasteiger partial charge in [0.15, 0.2) is 0 Å². The first-order valence-corrected chi connectivity index (χ1v) is 5.71. The Morgan fingerprint density at radius 2 is 2.27 bits per heavy atom. The molecule has 15 heavy (non-hydrogen) atoms. The molecule has 1 aliphatic rings. The number of nitrogens with zero attached hydrogens (tertiary/aromatic N) is 1. The first-order chi connectivity index (χ1) is 7.26. The third kappa shape index (κ3) is 1.86. The normalized spacial score (nSPS) is 16.6. The largest absolute Gasteiger partial charge is 0.396 e. The maximum absolute atomic E-state index is 9.27. The monoisotopic (exact) mass is 205 g/mol. The second kappa shape index (κ2) is 4.23. The highest BCUT2D eigenvalue weighted by atomic mass is 16.3. The molecule has 0 aliphatic carbocycles. The van der Waals surface area contributed by atoms with E-state index in [9.17, 15) is 5.11 Å². The Morgan fingerprint density at radius 3 is 2.93 bits per heavy atom. The predicted octanol–water partition coefficient (Wildman–Crippen LogP) is 2.16. The van der Waals surface area contributed by atoms with Crippen LogP contribution in [0.4, 0.5) is 5.69 Å². The quantitative estimate of drug-likeness (QED) is 0.817. The number of anilines is 1. The van der Waals surface area contributed by atoms with E-state index in [1.54, 1.807) is 0 Å². The molecular formula is C13H19NO. The Bertz CT molecular complexity index is 344. The van der Waals surface area contributed by atoms with Gasteiger partial charge >= 0.3 is 0 Å². The minimum absolute atomic E-state index is 0.255. The Kier molecular flexibility index (Phi) is 2.96. The van der Waals surface area contributed by atoms with Crippen molar-refractivity contribution in [3.05, 3.63) is 29.3 Å². The van der Waals surface area contributed by atoms with Crippen LogP contribution in [0.1, 0.15) is 30.4 Å². The van der Waals surface area contributed by atoms with Gasteiger partial charge in [-0.05, 0) is 30.0 Å². The zero-order valence-corrected chi connectivity index (χ0v) is 9.53. The third-order valence-corrected chi connectivity index (χ3v) is 3.42. The number of hydrogen-bond donors (Lipinski definition) is 1. The maximum atomic E-state index is 9.27. The molecule has 1 atom stereocenters. The molecule has 0 saturated heterocycles. The molecule has 1 aliphatic heterocycles. The Labute approximate surface area is 91.5 Å². The van der Waals surface area contributed by atoms with Crippen LogP contribution < -0.4 is 4.90 Å². The molecule has 0 radical (unpaired) electrons. The second-order valence-corrected chi connectivity index (χ2v) is 4.35. The molecule has 1 aromatic rings. The summed E-state index contributed by atoms with van der Waals surface area (Å²) in [5.41, 5.74) is 4.07. The van der Waals surface area contributed by atoms with Gasteiger partial charge in [-0.15, -0.1) is 0 Å². The fourth-order valence-corrected chi connectivity index (χ4v) is 2.31. The Hall–Kier alpha value is -1.02. The van der Waals surface area contributed by atoms with E-state index in [0.29, 0.717) is 5.92 Å². The Morgan fingerprint density at radius 1 is 1.47 bits per heavy atom. The summed E-state index contributed by atoms with van der Waals surface area (Å²) < 4.78 is 0. The number of hydrogen-bond acceptors (Lipinski definition) is 2. The van der Waals surface area contributed by atoms with Crippen molar-refractivity contribution in [3.8, 4) is 0 Å². The molecule has 0 fully saturated rings. The van der Waals surface area contributed by atoms with Gasteiger partial charge in [0.1, 0.15) is 0 Å². The lowest BCUT2D eigenvalue weighted by Gasteiger charge is -2.15. The molecule has 0 amide bonds. The first kappa shape index (κ1) is 10.5. The topological polar surface area (TPSA) is 23.5 Å². The van der Waals surface area contributed by atoms with Crippen LogP contribution in [0.2, 0.25) is 0 Å². The first-order valence-electron chi connectivity index (χ1n) is 5.71. The van der Waals surface area contributed by atoms with Crippen LogP contribution in [-0.4, -0.2) is 25.3 Å². The van der Waals surface area contributed by atoms with E-state index in [2.05, 4.69) is 37.1 Å². The summed E-state index contributed by atoms with van der Waals surface area (Å²) in [5.74, 6) is 0.307. The van der Waals surface area contributed by atoms with Gasteiger partial charge in [0.05, 0.1) is 0 Å². The van der Waals surface area contributed by atoms with Gasteiger partial charge in [-0.3, -0.25) is 0 Å². The van der Waals surface area contributed by atoms with Crippen LogP contribution in [0.25, 0.3) is 0 Å². The lowest BCUT2D eigenvalue weighted by molar-refractivity contribution is 0.262. The molecule has 1 unspecified atom stereocenters. The zero-order valence-electron chi connectivity index (χ0n) is 9.53. The van der Waals surface area contributed by atoms with Gasteiger partial charge in [-0.2, -0.15) is 0 Å². The van der Waals surface area contributed by atoms with Crippen LogP contribution in [0.5, 0.6) is 0 Å². The number of aliphatic hydroxyl groups excluding tert-OH is 1. The van der Waals surface area contributed by atoms with Crippen LogP contribution in [0.15, 0.2) is 18.2 Å².